The van der Waals surface area contributed by atoms with Crippen LogP contribution < -0.4 is 14.8 Å². The van der Waals surface area contributed by atoms with Crippen molar-refractivity contribution < 1.29 is 19.4 Å². The molecule has 5 nitrogen and oxygen atoms in total. The summed E-state index contributed by atoms with van der Waals surface area (Å²) >= 11 is 6.09. The molecule has 108 valence electrons. The predicted octanol–water partition coefficient (Wildman–Crippen LogP) is 1.76. The van der Waals surface area contributed by atoms with E-state index in [0.717, 1.165) is 19.3 Å². The maximum atomic E-state index is 12.1. The zero-order valence-corrected chi connectivity index (χ0v) is 11.7. The fourth-order valence-electron chi connectivity index (χ4n) is 2.35. The van der Waals surface area contributed by atoms with E-state index >= 15 is 0 Å². The number of fused-ring (bicyclic) bond motifs is 1. The molecule has 1 amide bonds. The van der Waals surface area contributed by atoms with Crippen LogP contribution in [-0.2, 0) is 0 Å². The zero-order chi connectivity index (χ0) is 14.2. The van der Waals surface area contributed by atoms with Crippen molar-refractivity contribution in [1.29, 1.82) is 0 Å². The van der Waals surface area contributed by atoms with Crippen molar-refractivity contribution in [3.8, 4) is 11.5 Å². The Hall–Kier alpha value is -1.46. The Morgan fingerprint density at radius 3 is 2.80 bits per heavy atom. The predicted molar refractivity (Wildman–Crippen MR) is 73.6 cm³/mol. The number of carbonyl (C=O) groups excluding carboxylic acids is 1. The maximum Gasteiger partial charge on any atom is 0.251 e. The van der Waals surface area contributed by atoms with Gasteiger partial charge in [-0.25, -0.2) is 0 Å². The standard InChI is InChI=1S/C14H16ClNO4/c15-10-6-9(7-11-12(10)20-5-4-19-11)13(17)16-8-14(18)2-1-3-14/h6-7,18H,1-5,8H2,(H,16,17). The summed E-state index contributed by atoms with van der Waals surface area (Å²) in [6.07, 6.45) is 2.46. The van der Waals surface area contributed by atoms with Gasteiger partial charge < -0.3 is 19.9 Å². The van der Waals surface area contributed by atoms with Gasteiger partial charge >= 0.3 is 0 Å². The van der Waals surface area contributed by atoms with Gasteiger partial charge in [0.1, 0.15) is 13.2 Å². The molecule has 1 heterocycles. The van der Waals surface area contributed by atoms with Crippen LogP contribution in [0, 0.1) is 0 Å². The van der Waals surface area contributed by atoms with Gasteiger partial charge in [-0.15, -0.1) is 0 Å². The summed E-state index contributed by atoms with van der Waals surface area (Å²) in [5.41, 5.74) is -0.338. The SMILES string of the molecule is O=C(NCC1(O)CCC1)c1cc(Cl)c2c(c1)OCCO2. The van der Waals surface area contributed by atoms with E-state index in [0.29, 0.717) is 35.3 Å². The average Bonchev–Trinajstić information content (AvgIpc) is 2.42. The van der Waals surface area contributed by atoms with Crippen molar-refractivity contribution in [3.63, 3.8) is 0 Å². The highest BCUT2D eigenvalue weighted by Gasteiger charge is 2.34. The molecule has 1 saturated carbocycles. The molecule has 6 heteroatoms. The van der Waals surface area contributed by atoms with Crippen LogP contribution >= 0.6 is 11.6 Å². The van der Waals surface area contributed by atoms with Crippen LogP contribution in [0.25, 0.3) is 0 Å². The molecule has 0 atom stereocenters. The van der Waals surface area contributed by atoms with Gasteiger partial charge in [0.15, 0.2) is 11.5 Å². The lowest BCUT2D eigenvalue weighted by Gasteiger charge is -2.36. The second kappa shape index (κ2) is 5.14. The van der Waals surface area contributed by atoms with Gasteiger partial charge in [0, 0.05) is 12.1 Å². The third kappa shape index (κ3) is 2.55. The number of benzene rings is 1. The summed E-state index contributed by atoms with van der Waals surface area (Å²) in [6, 6.07) is 3.16. The topological polar surface area (TPSA) is 67.8 Å². The summed E-state index contributed by atoms with van der Waals surface area (Å²) in [4.78, 5) is 12.1. The largest absolute Gasteiger partial charge is 0.486 e. The molecule has 0 aromatic heterocycles. The van der Waals surface area contributed by atoms with Gasteiger partial charge in [0.25, 0.3) is 5.91 Å². The number of hydrogen-bond acceptors (Lipinski definition) is 4. The summed E-state index contributed by atoms with van der Waals surface area (Å²) < 4.78 is 10.8. The van der Waals surface area contributed by atoms with E-state index in [1.165, 1.54) is 0 Å². The van der Waals surface area contributed by atoms with Gasteiger partial charge in [-0.05, 0) is 31.4 Å². The highest BCUT2D eigenvalue weighted by molar-refractivity contribution is 6.32. The molecule has 0 spiro atoms. The van der Waals surface area contributed by atoms with E-state index in [9.17, 15) is 9.90 Å². The van der Waals surface area contributed by atoms with Crippen molar-refractivity contribution in [2.75, 3.05) is 19.8 Å². The van der Waals surface area contributed by atoms with Crippen LogP contribution in [0.1, 0.15) is 29.6 Å². The van der Waals surface area contributed by atoms with Crippen LogP contribution in [-0.4, -0.2) is 36.4 Å². The molecule has 1 fully saturated rings. The first-order chi connectivity index (χ1) is 9.57. The first-order valence-corrected chi connectivity index (χ1v) is 7.05. The van der Waals surface area contributed by atoms with Gasteiger partial charge in [-0.2, -0.15) is 0 Å². The second-order valence-corrected chi connectivity index (χ2v) is 5.65. The molecule has 20 heavy (non-hydrogen) atoms. The highest BCUT2D eigenvalue weighted by atomic mass is 35.5. The molecule has 1 aromatic carbocycles. The van der Waals surface area contributed by atoms with Gasteiger partial charge in [-0.3, -0.25) is 4.79 Å². The summed E-state index contributed by atoms with van der Waals surface area (Å²) in [5, 5.41) is 13.1. The van der Waals surface area contributed by atoms with E-state index in [1.54, 1.807) is 12.1 Å². The van der Waals surface area contributed by atoms with Crippen LogP contribution in [0.3, 0.4) is 0 Å². The first-order valence-electron chi connectivity index (χ1n) is 6.67. The molecule has 1 aliphatic heterocycles. The van der Waals surface area contributed by atoms with E-state index in [4.69, 9.17) is 21.1 Å². The Labute approximate surface area is 121 Å². The smallest absolute Gasteiger partial charge is 0.251 e. The van der Waals surface area contributed by atoms with Gasteiger partial charge in [-0.1, -0.05) is 11.6 Å². The number of carbonyl (C=O) groups is 1. The Morgan fingerprint density at radius 1 is 1.35 bits per heavy atom. The van der Waals surface area contributed by atoms with Crippen molar-refractivity contribution >= 4 is 17.5 Å². The molecule has 1 aliphatic carbocycles. The average molecular weight is 298 g/mol. The molecule has 0 bridgehead atoms. The van der Waals surface area contributed by atoms with Crippen molar-refractivity contribution in [2.45, 2.75) is 24.9 Å². The third-order valence-electron chi connectivity index (χ3n) is 3.72. The summed E-state index contributed by atoms with van der Waals surface area (Å²) in [6.45, 7) is 1.15. The van der Waals surface area contributed by atoms with Crippen LogP contribution in [0.15, 0.2) is 12.1 Å². The molecular weight excluding hydrogens is 282 g/mol. The van der Waals surface area contributed by atoms with E-state index < -0.39 is 5.60 Å². The third-order valence-corrected chi connectivity index (χ3v) is 4.00. The number of rotatable bonds is 3. The molecular formula is C14H16ClNO4. The van der Waals surface area contributed by atoms with Crippen LogP contribution in [0.5, 0.6) is 11.5 Å². The Bertz CT molecular complexity index is 542. The highest BCUT2D eigenvalue weighted by Crippen LogP contribution is 2.38. The van der Waals surface area contributed by atoms with Crippen molar-refractivity contribution in [1.82, 2.24) is 5.32 Å². The Kier molecular flexibility index (Phi) is 3.48. The first kappa shape index (κ1) is 13.5. The summed E-state index contributed by atoms with van der Waals surface area (Å²) in [7, 11) is 0. The monoisotopic (exact) mass is 297 g/mol. The molecule has 2 aliphatic rings. The fourth-order valence-corrected chi connectivity index (χ4v) is 2.62. The Balaban J connectivity index is 1.72. The van der Waals surface area contributed by atoms with Crippen LogP contribution in [0.2, 0.25) is 5.02 Å². The zero-order valence-electron chi connectivity index (χ0n) is 10.9. The lowest BCUT2D eigenvalue weighted by Crippen LogP contribution is -2.47. The number of halogens is 1. The maximum absolute atomic E-state index is 12.1. The molecule has 0 unspecified atom stereocenters. The van der Waals surface area contributed by atoms with E-state index in [2.05, 4.69) is 5.32 Å². The number of ether oxygens (including phenoxy) is 2. The quantitative estimate of drug-likeness (QED) is 0.892. The van der Waals surface area contributed by atoms with Crippen LogP contribution in [0.4, 0.5) is 0 Å². The molecule has 2 N–H and O–H groups in total. The molecule has 0 saturated heterocycles. The number of aliphatic hydroxyl groups is 1. The van der Waals surface area contributed by atoms with E-state index in [-0.39, 0.29) is 12.5 Å². The number of nitrogens with one attached hydrogen (secondary N) is 1. The molecule has 1 aromatic rings. The molecule has 0 radical (unpaired) electrons. The fraction of sp³-hybridized carbons (Fsp3) is 0.500. The lowest BCUT2D eigenvalue weighted by atomic mass is 9.80. The second-order valence-electron chi connectivity index (χ2n) is 5.24. The minimum Gasteiger partial charge on any atom is -0.486 e. The minimum atomic E-state index is -0.743. The van der Waals surface area contributed by atoms with Crippen molar-refractivity contribution in [2.24, 2.45) is 0 Å². The normalized spacial score (nSPS) is 19.1. The Morgan fingerprint density at radius 2 is 2.10 bits per heavy atom. The minimum absolute atomic E-state index is 0.262. The van der Waals surface area contributed by atoms with E-state index in [1.807, 2.05) is 0 Å². The van der Waals surface area contributed by atoms with Gasteiger partial charge in [0.05, 0.1) is 10.6 Å². The lowest BCUT2D eigenvalue weighted by molar-refractivity contribution is -0.0300. The number of amides is 1. The summed E-state index contributed by atoms with van der Waals surface area (Å²) in [5.74, 6) is 0.688. The number of hydrogen-bond donors (Lipinski definition) is 2. The van der Waals surface area contributed by atoms with Crippen molar-refractivity contribution in [3.05, 3.63) is 22.7 Å². The molecule has 3 rings (SSSR count). The van der Waals surface area contributed by atoms with Gasteiger partial charge in [0.2, 0.25) is 0 Å².